The van der Waals surface area contributed by atoms with Crippen LogP contribution in [0.15, 0.2) is 41.1 Å². The van der Waals surface area contributed by atoms with Gasteiger partial charge >= 0.3 is 5.97 Å². The van der Waals surface area contributed by atoms with Crippen molar-refractivity contribution in [3.05, 3.63) is 53.1 Å². The van der Waals surface area contributed by atoms with Crippen molar-refractivity contribution in [2.75, 3.05) is 36.5 Å². The van der Waals surface area contributed by atoms with E-state index in [0.29, 0.717) is 43.4 Å². The predicted molar refractivity (Wildman–Crippen MR) is 104 cm³/mol. The van der Waals surface area contributed by atoms with Gasteiger partial charge in [-0.2, -0.15) is 4.98 Å². The molecule has 3 heterocycles. The highest BCUT2D eigenvalue weighted by molar-refractivity contribution is 6.31. The third-order valence-corrected chi connectivity index (χ3v) is 4.68. The van der Waals surface area contributed by atoms with Crippen molar-refractivity contribution < 1.29 is 23.4 Å². The van der Waals surface area contributed by atoms with Crippen molar-refractivity contribution in [2.45, 2.75) is 0 Å². The molecule has 29 heavy (non-hydrogen) atoms. The van der Waals surface area contributed by atoms with E-state index in [0.717, 1.165) is 0 Å². The number of rotatable bonds is 5. The van der Waals surface area contributed by atoms with Crippen LogP contribution in [-0.2, 0) is 4.74 Å². The average molecular weight is 419 g/mol. The number of aromatic carboxylic acids is 1. The van der Waals surface area contributed by atoms with Crippen LogP contribution < -0.4 is 10.2 Å². The lowest BCUT2D eigenvalue weighted by atomic mass is 10.1. The molecule has 1 aliphatic heterocycles. The predicted octanol–water partition coefficient (Wildman–Crippen LogP) is 3.81. The summed E-state index contributed by atoms with van der Waals surface area (Å²) >= 11 is 5.83. The standard InChI is InChI=1S/C19H16ClFN4O4/c20-14-9-11(1-2-15(14)21)23-19-22-10-13(16-12(18(26)27)3-6-29-16)17(24-19)25-4-7-28-8-5-25/h1-3,6,9-10H,4-5,7-8H2,(H,26,27)(H,22,23,24). The number of ether oxygens (including phenoxy) is 1. The summed E-state index contributed by atoms with van der Waals surface area (Å²) in [5.41, 5.74) is 0.993. The lowest BCUT2D eigenvalue weighted by Crippen LogP contribution is -2.37. The van der Waals surface area contributed by atoms with E-state index in [1.54, 1.807) is 0 Å². The molecule has 10 heteroatoms. The number of carbonyl (C=O) groups is 1. The minimum absolute atomic E-state index is 0.0223. The summed E-state index contributed by atoms with van der Waals surface area (Å²) in [7, 11) is 0. The summed E-state index contributed by atoms with van der Waals surface area (Å²) in [6.07, 6.45) is 2.81. The Balaban J connectivity index is 1.74. The monoisotopic (exact) mass is 418 g/mol. The number of hydrogen-bond acceptors (Lipinski definition) is 7. The molecule has 4 rings (SSSR count). The highest BCUT2D eigenvalue weighted by atomic mass is 35.5. The number of morpholine rings is 1. The fraction of sp³-hybridized carbons (Fsp3) is 0.211. The summed E-state index contributed by atoms with van der Waals surface area (Å²) < 4.78 is 24.2. The second-order valence-electron chi connectivity index (χ2n) is 6.25. The molecule has 0 spiro atoms. The number of aromatic nitrogens is 2. The number of carboxylic acid groups (broad SMARTS) is 1. The van der Waals surface area contributed by atoms with E-state index in [9.17, 15) is 14.3 Å². The molecule has 1 fully saturated rings. The maximum absolute atomic E-state index is 13.4. The zero-order valence-corrected chi connectivity index (χ0v) is 15.8. The number of nitrogens with one attached hydrogen (secondary N) is 1. The van der Waals surface area contributed by atoms with Gasteiger partial charge in [0.1, 0.15) is 17.2 Å². The molecular formula is C19H16ClFN4O4. The van der Waals surface area contributed by atoms with Gasteiger partial charge in [0, 0.05) is 25.0 Å². The van der Waals surface area contributed by atoms with Crippen LogP contribution in [0.2, 0.25) is 5.02 Å². The van der Waals surface area contributed by atoms with Gasteiger partial charge in [-0.05, 0) is 24.3 Å². The van der Waals surface area contributed by atoms with E-state index in [1.165, 1.54) is 36.7 Å². The zero-order valence-electron chi connectivity index (χ0n) is 15.1. The largest absolute Gasteiger partial charge is 0.478 e. The Morgan fingerprint density at radius 2 is 2.07 bits per heavy atom. The van der Waals surface area contributed by atoms with Gasteiger partial charge in [-0.3, -0.25) is 0 Å². The number of furan rings is 1. The highest BCUT2D eigenvalue weighted by Gasteiger charge is 2.24. The van der Waals surface area contributed by atoms with E-state index in [2.05, 4.69) is 15.3 Å². The Morgan fingerprint density at radius 1 is 1.28 bits per heavy atom. The first-order valence-corrected chi connectivity index (χ1v) is 9.13. The van der Waals surface area contributed by atoms with Crippen LogP contribution in [0, 0.1) is 5.82 Å². The topological polar surface area (TPSA) is 101 Å². The summed E-state index contributed by atoms with van der Waals surface area (Å²) in [6, 6.07) is 5.57. The second-order valence-corrected chi connectivity index (χ2v) is 6.66. The normalized spacial score (nSPS) is 14.1. The Hall–Kier alpha value is -3.17. The van der Waals surface area contributed by atoms with Crippen molar-refractivity contribution in [2.24, 2.45) is 0 Å². The van der Waals surface area contributed by atoms with Gasteiger partial charge in [0.2, 0.25) is 5.95 Å². The molecule has 0 amide bonds. The van der Waals surface area contributed by atoms with Crippen molar-refractivity contribution in [1.29, 1.82) is 0 Å². The number of hydrogen-bond donors (Lipinski definition) is 2. The first-order chi connectivity index (χ1) is 14.0. The molecule has 1 aromatic carbocycles. The van der Waals surface area contributed by atoms with Crippen LogP contribution in [0.3, 0.4) is 0 Å². The van der Waals surface area contributed by atoms with Gasteiger partial charge in [0.15, 0.2) is 5.76 Å². The first-order valence-electron chi connectivity index (χ1n) is 8.76. The van der Waals surface area contributed by atoms with Crippen LogP contribution in [-0.4, -0.2) is 47.3 Å². The molecule has 3 aromatic rings. The van der Waals surface area contributed by atoms with Crippen molar-refractivity contribution in [1.82, 2.24) is 9.97 Å². The summed E-state index contributed by atoms with van der Waals surface area (Å²) in [5.74, 6) is -0.695. The Kier molecular flexibility index (Phi) is 5.32. The van der Waals surface area contributed by atoms with E-state index in [1.807, 2.05) is 4.90 Å². The smallest absolute Gasteiger partial charge is 0.339 e. The molecule has 0 saturated carbocycles. The number of anilines is 3. The van der Waals surface area contributed by atoms with E-state index in [4.69, 9.17) is 20.8 Å². The molecule has 2 N–H and O–H groups in total. The molecule has 150 valence electrons. The Labute approximate surface area is 169 Å². The van der Waals surface area contributed by atoms with Gasteiger partial charge in [0.25, 0.3) is 0 Å². The SMILES string of the molecule is O=C(O)c1ccoc1-c1cnc(Nc2ccc(F)c(Cl)c2)nc1N1CCOCC1. The van der Waals surface area contributed by atoms with Gasteiger partial charge in [0.05, 0.1) is 30.1 Å². The molecule has 8 nitrogen and oxygen atoms in total. The van der Waals surface area contributed by atoms with Gasteiger partial charge in [-0.25, -0.2) is 14.2 Å². The molecule has 0 aliphatic carbocycles. The lowest BCUT2D eigenvalue weighted by Gasteiger charge is -2.29. The molecule has 0 radical (unpaired) electrons. The molecule has 0 atom stereocenters. The summed E-state index contributed by atoms with van der Waals surface area (Å²) in [6.45, 7) is 2.19. The minimum Gasteiger partial charge on any atom is -0.478 e. The third kappa shape index (κ3) is 4.01. The summed E-state index contributed by atoms with van der Waals surface area (Å²) in [4.78, 5) is 22.3. The van der Waals surface area contributed by atoms with E-state index >= 15 is 0 Å². The zero-order chi connectivity index (χ0) is 20.4. The van der Waals surface area contributed by atoms with Crippen molar-refractivity contribution in [3.63, 3.8) is 0 Å². The third-order valence-electron chi connectivity index (χ3n) is 4.40. The van der Waals surface area contributed by atoms with Gasteiger partial charge in [-0.15, -0.1) is 0 Å². The molecular weight excluding hydrogens is 403 g/mol. The highest BCUT2D eigenvalue weighted by Crippen LogP contribution is 2.34. The Bertz CT molecular complexity index is 1050. The average Bonchev–Trinajstić information content (AvgIpc) is 3.21. The molecule has 1 saturated heterocycles. The van der Waals surface area contributed by atoms with Crippen molar-refractivity contribution in [3.8, 4) is 11.3 Å². The maximum Gasteiger partial charge on any atom is 0.339 e. The Morgan fingerprint density at radius 3 is 2.79 bits per heavy atom. The summed E-state index contributed by atoms with van der Waals surface area (Å²) in [5, 5.41) is 12.4. The molecule has 0 bridgehead atoms. The quantitative estimate of drug-likeness (QED) is 0.645. The second kappa shape index (κ2) is 8.06. The van der Waals surface area contributed by atoms with Gasteiger partial charge in [-0.1, -0.05) is 11.6 Å². The number of nitrogens with zero attached hydrogens (tertiary/aromatic N) is 3. The van der Waals surface area contributed by atoms with Crippen molar-refractivity contribution >= 4 is 35.0 Å². The van der Waals surface area contributed by atoms with E-state index < -0.39 is 11.8 Å². The fourth-order valence-corrected chi connectivity index (χ4v) is 3.18. The van der Waals surface area contributed by atoms with Crippen LogP contribution in [0.25, 0.3) is 11.3 Å². The fourth-order valence-electron chi connectivity index (χ4n) is 3.00. The molecule has 0 unspecified atom stereocenters. The minimum atomic E-state index is -1.11. The number of benzene rings is 1. The van der Waals surface area contributed by atoms with Crippen LogP contribution >= 0.6 is 11.6 Å². The van der Waals surface area contributed by atoms with Crippen LogP contribution in [0.5, 0.6) is 0 Å². The first kappa shape index (κ1) is 19.2. The molecule has 1 aliphatic rings. The number of carboxylic acids is 1. The molecule has 2 aromatic heterocycles. The van der Waals surface area contributed by atoms with E-state index in [-0.39, 0.29) is 22.3 Å². The van der Waals surface area contributed by atoms with Crippen LogP contribution in [0.4, 0.5) is 21.8 Å². The van der Waals surface area contributed by atoms with Gasteiger partial charge < -0.3 is 24.5 Å². The number of halogens is 2. The lowest BCUT2D eigenvalue weighted by molar-refractivity contribution is 0.0697. The van der Waals surface area contributed by atoms with Crippen LogP contribution in [0.1, 0.15) is 10.4 Å². The maximum atomic E-state index is 13.4.